The summed E-state index contributed by atoms with van der Waals surface area (Å²) in [6.07, 6.45) is 1.68. The quantitative estimate of drug-likeness (QED) is 0.466. The van der Waals surface area contributed by atoms with Crippen LogP contribution in [0.3, 0.4) is 0 Å². The first kappa shape index (κ1) is 9.01. The lowest BCUT2D eigenvalue weighted by Gasteiger charge is -2.03. The molecule has 0 heterocycles. The van der Waals surface area contributed by atoms with Crippen molar-refractivity contribution in [3.8, 4) is 0 Å². The lowest BCUT2D eigenvalue weighted by molar-refractivity contribution is -0.138. The highest BCUT2D eigenvalue weighted by Gasteiger charge is 2.04. The summed E-state index contributed by atoms with van der Waals surface area (Å²) in [6, 6.07) is 0. The van der Waals surface area contributed by atoms with Crippen molar-refractivity contribution < 1.29 is 9.53 Å². The summed E-state index contributed by atoms with van der Waals surface area (Å²) in [7, 11) is 1.69. The minimum atomic E-state index is -0.299. The predicted octanol–water partition coefficient (Wildman–Crippen LogP) is 0.673. The third kappa shape index (κ3) is 2.53. The largest absolute Gasteiger partial charge is 0.461 e. The molecule has 0 saturated carbocycles. The first-order chi connectivity index (χ1) is 4.76. The molecule has 10 heavy (non-hydrogen) atoms. The Morgan fingerprint density at radius 2 is 2.30 bits per heavy atom. The Hall–Kier alpha value is -0.990. The van der Waals surface area contributed by atoms with Gasteiger partial charge in [0.15, 0.2) is 0 Å². The van der Waals surface area contributed by atoms with E-state index in [0.29, 0.717) is 12.3 Å². The van der Waals surface area contributed by atoms with Gasteiger partial charge in [-0.1, -0.05) is 6.08 Å². The van der Waals surface area contributed by atoms with Gasteiger partial charge in [-0.25, -0.2) is 4.79 Å². The van der Waals surface area contributed by atoms with Gasteiger partial charge < -0.3 is 10.1 Å². The van der Waals surface area contributed by atoms with Crippen LogP contribution in [0.1, 0.15) is 13.8 Å². The van der Waals surface area contributed by atoms with Gasteiger partial charge in [0, 0.05) is 7.05 Å². The lowest BCUT2D eigenvalue weighted by atomic mass is 10.4. The van der Waals surface area contributed by atoms with Crippen LogP contribution >= 0.6 is 0 Å². The maximum Gasteiger partial charge on any atom is 0.354 e. The van der Waals surface area contributed by atoms with Crippen LogP contribution in [0, 0.1) is 0 Å². The number of esters is 1. The van der Waals surface area contributed by atoms with Gasteiger partial charge >= 0.3 is 5.97 Å². The summed E-state index contributed by atoms with van der Waals surface area (Å²) in [5, 5.41) is 2.72. The van der Waals surface area contributed by atoms with Gasteiger partial charge in [0.25, 0.3) is 0 Å². The molecule has 0 aromatic rings. The number of hydrogen-bond acceptors (Lipinski definition) is 3. The molecule has 0 aliphatic carbocycles. The van der Waals surface area contributed by atoms with Crippen molar-refractivity contribution in [1.82, 2.24) is 5.32 Å². The zero-order chi connectivity index (χ0) is 7.98. The van der Waals surface area contributed by atoms with E-state index >= 15 is 0 Å². The first-order valence-electron chi connectivity index (χ1n) is 3.27. The molecule has 0 aliphatic rings. The molecule has 0 rings (SSSR count). The average molecular weight is 143 g/mol. The number of rotatable bonds is 3. The highest BCUT2D eigenvalue weighted by Crippen LogP contribution is 1.90. The zero-order valence-corrected chi connectivity index (χ0v) is 6.60. The van der Waals surface area contributed by atoms with Crippen molar-refractivity contribution in [2.75, 3.05) is 13.7 Å². The van der Waals surface area contributed by atoms with Gasteiger partial charge in [0.1, 0.15) is 5.70 Å². The second kappa shape index (κ2) is 4.85. The highest BCUT2D eigenvalue weighted by atomic mass is 16.5. The summed E-state index contributed by atoms with van der Waals surface area (Å²) in [6.45, 7) is 3.97. The van der Waals surface area contributed by atoms with Crippen molar-refractivity contribution in [2.45, 2.75) is 13.8 Å². The maximum atomic E-state index is 10.9. The topological polar surface area (TPSA) is 38.3 Å². The van der Waals surface area contributed by atoms with Gasteiger partial charge in [-0.3, -0.25) is 0 Å². The normalized spacial score (nSPS) is 10.9. The van der Waals surface area contributed by atoms with E-state index in [9.17, 15) is 4.79 Å². The molecule has 0 amide bonds. The molecule has 58 valence electrons. The second-order valence-corrected chi connectivity index (χ2v) is 1.67. The maximum absolute atomic E-state index is 10.9. The second-order valence-electron chi connectivity index (χ2n) is 1.67. The Morgan fingerprint density at radius 3 is 2.60 bits per heavy atom. The number of carbonyl (C=O) groups is 1. The Kier molecular flexibility index (Phi) is 4.37. The molecule has 0 radical (unpaired) electrons. The molecule has 0 spiro atoms. The standard InChI is InChI=1S/C7H13NO2/c1-4-6(8-3)7(9)10-5-2/h4,8H,5H2,1-3H3/b6-4-. The average Bonchev–Trinajstić information content (AvgIpc) is 1.91. The Bertz CT molecular complexity index is 141. The van der Waals surface area contributed by atoms with Crippen LogP contribution in [-0.2, 0) is 9.53 Å². The third-order valence-corrected chi connectivity index (χ3v) is 1.05. The Labute approximate surface area is 61.1 Å². The van der Waals surface area contributed by atoms with E-state index in [4.69, 9.17) is 4.74 Å². The van der Waals surface area contributed by atoms with Crippen molar-refractivity contribution in [2.24, 2.45) is 0 Å². The van der Waals surface area contributed by atoms with Gasteiger partial charge in [-0.2, -0.15) is 0 Å². The molecular formula is C7H13NO2. The van der Waals surface area contributed by atoms with E-state index in [0.717, 1.165) is 0 Å². The van der Waals surface area contributed by atoms with E-state index < -0.39 is 0 Å². The number of likely N-dealkylation sites (N-methyl/N-ethyl adjacent to an activating group) is 1. The van der Waals surface area contributed by atoms with Crippen LogP contribution in [0.4, 0.5) is 0 Å². The molecule has 0 saturated heterocycles. The molecule has 0 aromatic carbocycles. The van der Waals surface area contributed by atoms with E-state index in [1.54, 1.807) is 27.0 Å². The number of allylic oxidation sites excluding steroid dienone is 1. The fourth-order valence-electron chi connectivity index (χ4n) is 0.573. The van der Waals surface area contributed by atoms with Crippen molar-refractivity contribution in [1.29, 1.82) is 0 Å². The smallest absolute Gasteiger partial charge is 0.354 e. The van der Waals surface area contributed by atoms with Gasteiger partial charge in [-0.05, 0) is 13.8 Å². The molecular weight excluding hydrogens is 130 g/mol. The predicted molar refractivity (Wildman–Crippen MR) is 39.4 cm³/mol. The molecule has 1 N–H and O–H groups in total. The Balaban J connectivity index is 3.91. The molecule has 0 unspecified atom stereocenters. The molecule has 0 atom stereocenters. The molecule has 3 heteroatoms. The fourth-order valence-corrected chi connectivity index (χ4v) is 0.573. The third-order valence-electron chi connectivity index (χ3n) is 1.05. The summed E-state index contributed by atoms with van der Waals surface area (Å²) in [5.74, 6) is -0.299. The number of carbonyl (C=O) groups excluding carboxylic acids is 1. The summed E-state index contributed by atoms with van der Waals surface area (Å²) in [5.41, 5.74) is 0.502. The van der Waals surface area contributed by atoms with Crippen molar-refractivity contribution >= 4 is 5.97 Å². The lowest BCUT2D eigenvalue weighted by Crippen LogP contribution is -2.18. The summed E-state index contributed by atoms with van der Waals surface area (Å²) < 4.78 is 4.72. The van der Waals surface area contributed by atoms with E-state index in [1.807, 2.05) is 0 Å². The van der Waals surface area contributed by atoms with E-state index in [1.165, 1.54) is 0 Å². The summed E-state index contributed by atoms with van der Waals surface area (Å²) >= 11 is 0. The SMILES string of the molecule is C/C=C(\NC)C(=O)OCC. The Morgan fingerprint density at radius 1 is 1.70 bits per heavy atom. The van der Waals surface area contributed by atoms with Gasteiger partial charge in [0.05, 0.1) is 6.61 Å². The van der Waals surface area contributed by atoms with Crippen molar-refractivity contribution in [3.05, 3.63) is 11.8 Å². The zero-order valence-electron chi connectivity index (χ0n) is 6.60. The summed E-state index contributed by atoms with van der Waals surface area (Å²) in [4.78, 5) is 10.9. The van der Waals surface area contributed by atoms with Gasteiger partial charge in [-0.15, -0.1) is 0 Å². The highest BCUT2D eigenvalue weighted by molar-refractivity contribution is 5.87. The van der Waals surface area contributed by atoms with Crippen LogP contribution in [0.5, 0.6) is 0 Å². The minimum Gasteiger partial charge on any atom is -0.461 e. The number of hydrogen-bond donors (Lipinski definition) is 1. The molecule has 0 bridgehead atoms. The number of nitrogens with one attached hydrogen (secondary N) is 1. The fraction of sp³-hybridized carbons (Fsp3) is 0.571. The molecule has 0 fully saturated rings. The molecule has 0 aromatic heterocycles. The van der Waals surface area contributed by atoms with Crippen molar-refractivity contribution in [3.63, 3.8) is 0 Å². The van der Waals surface area contributed by atoms with Crippen LogP contribution in [0.25, 0.3) is 0 Å². The minimum absolute atomic E-state index is 0.299. The van der Waals surface area contributed by atoms with E-state index in [-0.39, 0.29) is 5.97 Å². The van der Waals surface area contributed by atoms with Crippen LogP contribution in [-0.4, -0.2) is 19.6 Å². The van der Waals surface area contributed by atoms with Crippen LogP contribution in [0.2, 0.25) is 0 Å². The van der Waals surface area contributed by atoms with E-state index in [2.05, 4.69) is 5.32 Å². The van der Waals surface area contributed by atoms with Crippen LogP contribution < -0.4 is 5.32 Å². The van der Waals surface area contributed by atoms with Gasteiger partial charge in [0.2, 0.25) is 0 Å². The molecule has 3 nitrogen and oxygen atoms in total. The molecule has 0 aliphatic heterocycles. The monoisotopic (exact) mass is 143 g/mol. The first-order valence-corrected chi connectivity index (χ1v) is 3.27. The number of ether oxygens (including phenoxy) is 1. The van der Waals surface area contributed by atoms with Crippen LogP contribution in [0.15, 0.2) is 11.8 Å².